The predicted molar refractivity (Wildman–Crippen MR) is 85.0 cm³/mol. The highest BCUT2D eigenvalue weighted by atomic mass is 79.9. The van der Waals surface area contributed by atoms with Gasteiger partial charge in [-0.25, -0.2) is 0 Å². The predicted octanol–water partition coefficient (Wildman–Crippen LogP) is 5.21. The second-order valence-electron chi connectivity index (χ2n) is 4.13. The Morgan fingerprint density at radius 1 is 1.05 bits per heavy atom. The van der Waals surface area contributed by atoms with E-state index >= 15 is 0 Å². The molecule has 100 valence electrons. The van der Waals surface area contributed by atoms with Gasteiger partial charge < -0.3 is 0 Å². The maximum absolute atomic E-state index is 6.09. The highest BCUT2D eigenvalue weighted by Crippen LogP contribution is 2.37. The average molecular weight is 369 g/mol. The molecule has 0 aliphatic heterocycles. The van der Waals surface area contributed by atoms with Gasteiger partial charge in [0.05, 0.1) is 10.0 Å². The van der Waals surface area contributed by atoms with Crippen molar-refractivity contribution < 1.29 is 0 Å². The molecule has 0 aliphatic carbocycles. The number of halogens is 3. The van der Waals surface area contributed by atoms with Gasteiger partial charge in [-0.15, -0.1) is 0 Å². The quantitative estimate of drug-likeness (QED) is 0.674. The van der Waals surface area contributed by atoms with Crippen LogP contribution in [-0.4, -0.2) is 15.2 Å². The summed E-state index contributed by atoms with van der Waals surface area (Å²) in [5.41, 5.74) is 3.59. The zero-order valence-corrected chi connectivity index (χ0v) is 13.2. The minimum absolute atomic E-state index is 0.509. The van der Waals surface area contributed by atoms with Gasteiger partial charge in [0.2, 0.25) is 0 Å². The molecule has 6 heteroatoms. The molecule has 0 spiro atoms. The minimum Gasteiger partial charge on any atom is -0.270 e. The summed E-state index contributed by atoms with van der Waals surface area (Å²) in [5.74, 6) is 0. The van der Waals surface area contributed by atoms with Crippen LogP contribution in [0.15, 0.2) is 47.3 Å². The van der Waals surface area contributed by atoms with E-state index in [1.165, 1.54) is 0 Å². The second-order valence-corrected chi connectivity index (χ2v) is 5.74. The molecule has 0 bridgehead atoms. The van der Waals surface area contributed by atoms with Crippen molar-refractivity contribution >= 4 is 39.1 Å². The van der Waals surface area contributed by atoms with Gasteiger partial charge in [-0.3, -0.25) is 10.1 Å². The molecular weight excluding hydrogens is 361 g/mol. The molecule has 1 aromatic carbocycles. The Kier molecular flexibility index (Phi) is 3.78. The number of nitrogens with zero attached hydrogens (tertiary/aromatic N) is 2. The molecule has 2 aromatic heterocycles. The number of nitrogens with one attached hydrogen (secondary N) is 1. The summed E-state index contributed by atoms with van der Waals surface area (Å²) in [6.07, 6.45) is 3.49. The number of aromatic amines is 1. The van der Waals surface area contributed by atoms with Crippen molar-refractivity contribution in [2.75, 3.05) is 0 Å². The molecule has 0 amide bonds. The van der Waals surface area contributed by atoms with Gasteiger partial charge in [-0.2, -0.15) is 5.10 Å². The van der Waals surface area contributed by atoms with Crippen LogP contribution in [0.25, 0.3) is 22.4 Å². The Hall–Kier alpha value is -1.36. The number of hydrogen-bond acceptors (Lipinski definition) is 2. The Morgan fingerprint density at radius 2 is 1.90 bits per heavy atom. The molecule has 3 nitrogen and oxygen atoms in total. The van der Waals surface area contributed by atoms with Gasteiger partial charge in [0.15, 0.2) is 0 Å². The van der Waals surface area contributed by atoms with E-state index in [0.29, 0.717) is 10.0 Å². The Balaban J connectivity index is 2.19. The van der Waals surface area contributed by atoms with Gasteiger partial charge in [-0.05, 0) is 45.8 Å². The highest BCUT2D eigenvalue weighted by molar-refractivity contribution is 9.10. The first-order valence-electron chi connectivity index (χ1n) is 5.76. The van der Waals surface area contributed by atoms with E-state index < -0.39 is 0 Å². The molecule has 0 atom stereocenters. The zero-order valence-electron chi connectivity index (χ0n) is 10.1. The standard InChI is InChI=1S/C14H8BrCl2N3/c15-14-12(8-3-4-10(16)11(17)6-8)13(19-20-14)9-2-1-5-18-7-9/h1-7H,(H,19,20). The molecule has 0 aliphatic rings. The molecule has 3 rings (SSSR count). The van der Waals surface area contributed by atoms with Crippen LogP contribution in [0.4, 0.5) is 0 Å². The SMILES string of the molecule is Clc1ccc(-c2c(-c3cccnc3)n[nH]c2Br)cc1Cl. The summed E-state index contributed by atoms with van der Waals surface area (Å²) in [6, 6.07) is 9.32. The fourth-order valence-electron chi connectivity index (χ4n) is 1.95. The van der Waals surface area contributed by atoms with Crippen LogP contribution in [0.3, 0.4) is 0 Å². The van der Waals surface area contributed by atoms with E-state index in [1.54, 1.807) is 18.5 Å². The molecule has 2 heterocycles. The number of benzene rings is 1. The van der Waals surface area contributed by atoms with Crippen LogP contribution >= 0.6 is 39.1 Å². The van der Waals surface area contributed by atoms with Crippen molar-refractivity contribution in [2.24, 2.45) is 0 Å². The molecule has 1 N–H and O–H groups in total. The van der Waals surface area contributed by atoms with Crippen LogP contribution in [0.2, 0.25) is 10.0 Å². The topological polar surface area (TPSA) is 41.6 Å². The first-order chi connectivity index (χ1) is 9.66. The summed E-state index contributed by atoms with van der Waals surface area (Å²) >= 11 is 15.5. The third-order valence-corrected chi connectivity index (χ3v) is 4.18. The third kappa shape index (κ3) is 2.46. The summed E-state index contributed by atoms with van der Waals surface area (Å²) in [5, 5.41) is 8.29. The molecule has 0 unspecified atom stereocenters. The summed E-state index contributed by atoms with van der Waals surface area (Å²) in [4.78, 5) is 4.12. The summed E-state index contributed by atoms with van der Waals surface area (Å²) < 4.78 is 0.787. The van der Waals surface area contributed by atoms with E-state index in [4.69, 9.17) is 23.2 Å². The van der Waals surface area contributed by atoms with Gasteiger partial charge >= 0.3 is 0 Å². The van der Waals surface area contributed by atoms with Crippen molar-refractivity contribution in [3.63, 3.8) is 0 Å². The van der Waals surface area contributed by atoms with Crippen molar-refractivity contribution in [3.8, 4) is 22.4 Å². The van der Waals surface area contributed by atoms with Crippen LogP contribution in [0, 0.1) is 0 Å². The monoisotopic (exact) mass is 367 g/mol. The molecule has 3 aromatic rings. The van der Waals surface area contributed by atoms with Crippen molar-refractivity contribution in [2.45, 2.75) is 0 Å². The van der Waals surface area contributed by atoms with Crippen LogP contribution in [0.1, 0.15) is 0 Å². The number of rotatable bonds is 2. The lowest BCUT2D eigenvalue weighted by Crippen LogP contribution is -1.84. The van der Waals surface area contributed by atoms with E-state index in [2.05, 4.69) is 31.1 Å². The molecule has 0 saturated heterocycles. The number of hydrogen-bond donors (Lipinski definition) is 1. The Morgan fingerprint density at radius 3 is 2.60 bits per heavy atom. The molecule has 0 radical (unpaired) electrons. The number of H-pyrrole nitrogens is 1. The lowest BCUT2D eigenvalue weighted by atomic mass is 10.0. The van der Waals surface area contributed by atoms with Gasteiger partial charge in [0.25, 0.3) is 0 Å². The highest BCUT2D eigenvalue weighted by Gasteiger charge is 2.16. The molecule has 20 heavy (non-hydrogen) atoms. The van der Waals surface area contributed by atoms with Gasteiger partial charge in [0, 0.05) is 23.5 Å². The smallest absolute Gasteiger partial charge is 0.109 e. The largest absolute Gasteiger partial charge is 0.270 e. The average Bonchev–Trinajstić information content (AvgIpc) is 2.85. The fraction of sp³-hybridized carbons (Fsp3) is 0. The van der Waals surface area contributed by atoms with Crippen LogP contribution < -0.4 is 0 Å². The Labute approximate surface area is 134 Å². The lowest BCUT2D eigenvalue weighted by Gasteiger charge is -2.05. The normalized spacial score (nSPS) is 10.8. The van der Waals surface area contributed by atoms with E-state index in [9.17, 15) is 0 Å². The van der Waals surface area contributed by atoms with Crippen molar-refractivity contribution in [1.82, 2.24) is 15.2 Å². The van der Waals surface area contributed by atoms with Crippen molar-refractivity contribution in [3.05, 3.63) is 57.4 Å². The second kappa shape index (κ2) is 5.56. The fourth-order valence-corrected chi connectivity index (χ4v) is 2.75. The van der Waals surface area contributed by atoms with Gasteiger partial charge in [-0.1, -0.05) is 29.3 Å². The van der Waals surface area contributed by atoms with Crippen LogP contribution in [0.5, 0.6) is 0 Å². The van der Waals surface area contributed by atoms with Crippen molar-refractivity contribution in [1.29, 1.82) is 0 Å². The van der Waals surface area contributed by atoms with Gasteiger partial charge in [0.1, 0.15) is 10.3 Å². The molecular formula is C14H8BrCl2N3. The number of aromatic nitrogens is 3. The van der Waals surface area contributed by atoms with E-state index in [-0.39, 0.29) is 0 Å². The Bertz CT molecular complexity index is 756. The maximum Gasteiger partial charge on any atom is 0.109 e. The zero-order chi connectivity index (χ0) is 14.1. The minimum atomic E-state index is 0.509. The first kappa shape index (κ1) is 13.6. The first-order valence-corrected chi connectivity index (χ1v) is 7.31. The lowest BCUT2D eigenvalue weighted by molar-refractivity contribution is 1.07. The third-order valence-electron chi connectivity index (χ3n) is 2.87. The van der Waals surface area contributed by atoms with E-state index in [0.717, 1.165) is 27.0 Å². The van der Waals surface area contributed by atoms with Crippen LogP contribution in [-0.2, 0) is 0 Å². The molecule has 0 saturated carbocycles. The number of pyridine rings is 1. The maximum atomic E-state index is 6.09. The molecule has 0 fully saturated rings. The summed E-state index contributed by atoms with van der Waals surface area (Å²) in [7, 11) is 0. The summed E-state index contributed by atoms with van der Waals surface area (Å²) in [6.45, 7) is 0. The van der Waals surface area contributed by atoms with E-state index in [1.807, 2.05) is 24.3 Å².